The predicted octanol–water partition coefficient (Wildman–Crippen LogP) is 3.31. The van der Waals surface area contributed by atoms with Crippen molar-refractivity contribution in [2.24, 2.45) is 0 Å². The first-order valence-electron chi connectivity index (χ1n) is 4.07. The summed E-state index contributed by atoms with van der Waals surface area (Å²) < 4.78 is 14.0. The van der Waals surface area contributed by atoms with Crippen molar-refractivity contribution in [3.8, 4) is 6.07 Å². The van der Waals surface area contributed by atoms with E-state index >= 15 is 0 Å². The van der Waals surface area contributed by atoms with Gasteiger partial charge >= 0.3 is 0 Å². The number of nitriles is 1. The number of aromatic nitrogens is 1. The van der Waals surface area contributed by atoms with Gasteiger partial charge in [0.05, 0.1) is 0 Å². The van der Waals surface area contributed by atoms with Crippen LogP contribution in [0.1, 0.15) is 5.56 Å². The quantitative estimate of drug-likeness (QED) is 0.802. The van der Waals surface area contributed by atoms with Crippen molar-refractivity contribution in [1.82, 2.24) is 4.98 Å². The third-order valence-electron chi connectivity index (χ3n) is 1.69. The van der Waals surface area contributed by atoms with E-state index in [9.17, 15) is 4.39 Å². The van der Waals surface area contributed by atoms with Gasteiger partial charge in [0, 0.05) is 16.5 Å². The first-order valence-corrected chi connectivity index (χ1v) is 5.77. The minimum absolute atomic E-state index is 0.0812. The molecule has 74 valence electrons. The molecule has 0 unspecified atom stereocenters. The standard InChI is InChI=1S/C10H5FN2S2/c11-8-2-1-3-9(7(8)6-12)15-10-13-4-5-14-10/h1-5H. The van der Waals surface area contributed by atoms with Crippen LogP contribution in [-0.2, 0) is 0 Å². The number of hydrogen-bond donors (Lipinski definition) is 0. The van der Waals surface area contributed by atoms with Crippen molar-refractivity contribution in [2.45, 2.75) is 9.24 Å². The smallest absolute Gasteiger partial charge is 0.154 e. The molecule has 1 aromatic heterocycles. The number of hydrogen-bond acceptors (Lipinski definition) is 4. The van der Waals surface area contributed by atoms with E-state index < -0.39 is 5.82 Å². The van der Waals surface area contributed by atoms with E-state index in [2.05, 4.69) is 4.98 Å². The van der Waals surface area contributed by atoms with Gasteiger partial charge in [-0.1, -0.05) is 17.8 Å². The Bertz CT molecular complexity index is 503. The topological polar surface area (TPSA) is 36.7 Å². The van der Waals surface area contributed by atoms with Crippen molar-refractivity contribution in [1.29, 1.82) is 5.26 Å². The van der Waals surface area contributed by atoms with Crippen LogP contribution in [0.25, 0.3) is 0 Å². The molecule has 0 fully saturated rings. The van der Waals surface area contributed by atoms with Gasteiger partial charge in [0.1, 0.15) is 17.4 Å². The van der Waals surface area contributed by atoms with E-state index in [0.717, 1.165) is 4.34 Å². The van der Waals surface area contributed by atoms with Gasteiger partial charge in [-0.25, -0.2) is 9.37 Å². The van der Waals surface area contributed by atoms with Crippen molar-refractivity contribution < 1.29 is 4.39 Å². The molecule has 0 atom stereocenters. The van der Waals surface area contributed by atoms with Gasteiger partial charge in [-0.2, -0.15) is 5.26 Å². The summed E-state index contributed by atoms with van der Waals surface area (Å²) in [5, 5.41) is 10.6. The van der Waals surface area contributed by atoms with Gasteiger partial charge in [-0.15, -0.1) is 11.3 Å². The van der Waals surface area contributed by atoms with Gasteiger partial charge in [0.15, 0.2) is 4.34 Å². The molecule has 2 nitrogen and oxygen atoms in total. The molecule has 1 aromatic carbocycles. The minimum Gasteiger partial charge on any atom is -0.238 e. The number of halogens is 1. The summed E-state index contributed by atoms with van der Waals surface area (Å²) in [6.07, 6.45) is 1.68. The molecule has 0 spiro atoms. The Morgan fingerprint density at radius 1 is 1.47 bits per heavy atom. The average Bonchev–Trinajstić information content (AvgIpc) is 2.71. The number of thiazole rings is 1. The zero-order valence-electron chi connectivity index (χ0n) is 7.48. The molecule has 0 N–H and O–H groups in total. The van der Waals surface area contributed by atoms with Gasteiger partial charge in [-0.3, -0.25) is 0 Å². The highest BCUT2D eigenvalue weighted by molar-refractivity contribution is 8.01. The lowest BCUT2D eigenvalue weighted by Gasteiger charge is -2.00. The third-order valence-corrected chi connectivity index (χ3v) is 3.64. The van der Waals surface area contributed by atoms with E-state index in [0.29, 0.717) is 4.90 Å². The first kappa shape index (κ1) is 10.1. The predicted molar refractivity (Wildman–Crippen MR) is 57.4 cm³/mol. The highest BCUT2D eigenvalue weighted by Crippen LogP contribution is 2.32. The minimum atomic E-state index is -0.487. The highest BCUT2D eigenvalue weighted by atomic mass is 32.2. The second kappa shape index (κ2) is 4.43. The second-order valence-corrected chi connectivity index (χ2v) is 4.81. The Morgan fingerprint density at radius 3 is 3.00 bits per heavy atom. The van der Waals surface area contributed by atoms with E-state index in [-0.39, 0.29) is 5.56 Å². The molecule has 5 heteroatoms. The van der Waals surface area contributed by atoms with Crippen LogP contribution in [0.3, 0.4) is 0 Å². The van der Waals surface area contributed by atoms with Crippen LogP contribution < -0.4 is 0 Å². The molecule has 0 amide bonds. The normalized spacial score (nSPS) is 9.87. The molecule has 0 saturated carbocycles. The summed E-state index contributed by atoms with van der Waals surface area (Å²) in [7, 11) is 0. The molecule has 2 aromatic rings. The summed E-state index contributed by atoms with van der Waals surface area (Å²) in [6, 6.07) is 6.44. The molecule has 15 heavy (non-hydrogen) atoms. The highest BCUT2D eigenvalue weighted by Gasteiger charge is 2.09. The Morgan fingerprint density at radius 2 is 2.33 bits per heavy atom. The van der Waals surface area contributed by atoms with Gasteiger partial charge in [0.25, 0.3) is 0 Å². The summed E-state index contributed by atoms with van der Waals surface area (Å²) in [4.78, 5) is 4.67. The third kappa shape index (κ3) is 2.17. The fourth-order valence-electron chi connectivity index (χ4n) is 1.05. The van der Waals surface area contributed by atoms with E-state index in [1.54, 1.807) is 18.3 Å². The molecular formula is C10H5FN2S2. The second-order valence-electron chi connectivity index (χ2n) is 2.62. The van der Waals surface area contributed by atoms with Crippen molar-refractivity contribution >= 4 is 23.1 Å². The summed E-state index contributed by atoms with van der Waals surface area (Å²) in [6.45, 7) is 0. The van der Waals surface area contributed by atoms with Crippen LogP contribution >= 0.6 is 23.1 Å². The molecule has 0 aliphatic carbocycles. The van der Waals surface area contributed by atoms with Crippen molar-refractivity contribution in [3.05, 3.63) is 41.2 Å². The molecule has 1 heterocycles. The summed E-state index contributed by atoms with van der Waals surface area (Å²) in [5.74, 6) is -0.487. The maximum Gasteiger partial charge on any atom is 0.154 e. The fourth-order valence-corrected chi connectivity index (χ4v) is 2.73. The largest absolute Gasteiger partial charge is 0.238 e. The lowest BCUT2D eigenvalue weighted by molar-refractivity contribution is 0.620. The molecule has 0 saturated heterocycles. The lowest BCUT2D eigenvalue weighted by atomic mass is 10.2. The molecule has 0 bridgehead atoms. The van der Waals surface area contributed by atoms with Crippen LogP contribution in [-0.4, -0.2) is 4.98 Å². The average molecular weight is 236 g/mol. The monoisotopic (exact) mass is 236 g/mol. The first-order chi connectivity index (χ1) is 7.31. The van der Waals surface area contributed by atoms with Crippen LogP contribution in [0.15, 0.2) is 39.0 Å². The maximum absolute atomic E-state index is 13.2. The van der Waals surface area contributed by atoms with Crippen molar-refractivity contribution in [3.63, 3.8) is 0 Å². The molecule has 2 rings (SSSR count). The Kier molecular flexibility index (Phi) is 2.99. The summed E-state index contributed by atoms with van der Waals surface area (Å²) in [5.41, 5.74) is 0.0812. The number of benzene rings is 1. The molecule has 0 aliphatic heterocycles. The zero-order chi connectivity index (χ0) is 10.7. The van der Waals surface area contributed by atoms with Gasteiger partial charge in [0.2, 0.25) is 0 Å². The Labute approximate surface area is 94.4 Å². The van der Waals surface area contributed by atoms with Crippen LogP contribution in [0, 0.1) is 17.1 Å². The Hall–Kier alpha value is -1.38. The van der Waals surface area contributed by atoms with Crippen LogP contribution in [0.2, 0.25) is 0 Å². The molecular weight excluding hydrogens is 231 g/mol. The zero-order valence-corrected chi connectivity index (χ0v) is 9.11. The lowest BCUT2D eigenvalue weighted by Crippen LogP contribution is -1.86. The van der Waals surface area contributed by atoms with E-state index in [1.165, 1.54) is 29.2 Å². The van der Waals surface area contributed by atoms with E-state index in [4.69, 9.17) is 5.26 Å². The Balaban J connectivity index is 2.37. The van der Waals surface area contributed by atoms with Crippen LogP contribution in [0.5, 0.6) is 0 Å². The van der Waals surface area contributed by atoms with Crippen LogP contribution in [0.4, 0.5) is 4.39 Å². The van der Waals surface area contributed by atoms with E-state index in [1.807, 2.05) is 11.4 Å². The number of nitrogens with zero attached hydrogens (tertiary/aromatic N) is 2. The molecule has 0 radical (unpaired) electrons. The van der Waals surface area contributed by atoms with Gasteiger partial charge < -0.3 is 0 Å². The SMILES string of the molecule is N#Cc1c(F)cccc1Sc1nccs1. The summed E-state index contributed by atoms with van der Waals surface area (Å²) >= 11 is 2.77. The van der Waals surface area contributed by atoms with Gasteiger partial charge in [-0.05, 0) is 12.1 Å². The number of rotatable bonds is 2. The molecule has 0 aliphatic rings. The maximum atomic E-state index is 13.2. The fraction of sp³-hybridized carbons (Fsp3) is 0. The van der Waals surface area contributed by atoms with Crippen molar-refractivity contribution in [2.75, 3.05) is 0 Å².